The highest BCUT2D eigenvalue weighted by molar-refractivity contribution is 5.75. The SMILES string of the molecule is [AlH3].c1ccccc1. The lowest BCUT2D eigenvalue weighted by Gasteiger charge is -1.69. The Hall–Kier alpha value is -0.248. The van der Waals surface area contributed by atoms with Gasteiger partial charge in [-0.3, -0.25) is 0 Å². The molecule has 0 radical (unpaired) electrons. The Morgan fingerprint density at radius 2 is 0.571 bits per heavy atom. The summed E-state index contributed by atoms with van der Waals surface area (Å²) in [7, 11) is 0. The van der Waals surface area contributed by atoms with Crippen LogP contribution < -0.4 is 0 Å². The Kier molecular flexibility index (Phi) is 3.79. The molecule has 0 aliphatic heterocycles. The van der Waals surface area contributed by atoms with E-state index in [1.165, 1.54) is 0 Å². The molecule has 0 aromatic heterocycles. The summed E-state index contributed by atoms with van der Waals surface area (Å²) >= 11 is 0. The van der Waals surface area contributed by atoms with E-state index in [-0.39, 0.29) is 17.4 Å². The maximum Gasteiger partial charge on any atom is 0.187 e. The van der Waals surface area contributed by atoms with Gasteiger partial charge < -0.3 is 0 Å². The minimum atomic E-state index is 0. The molecular weight excluding hydrogens is 99.0 g/mol. The third kappa shape index (κ3) is 2.45. The van der Waals surface area contributed by atoms with Crippen LogP contribution in [0.2, 0.25) is 0 Å². The van der Waals surface area contributed by atoms with E-state index in [2.05, 4.69) is 0 Å². The van der Waals surface area contributed by atoms with Gasteiger partial charge in [-0.1, -0.05) is 36.4 Å². The summed E-state index contributed by atoms with van der Waals surface area (Å²) in [6, 6.07) is 12.0. The van der Waals surface area contributed by atoms with Crippen molar-refractivity contribution in [2.75, 3.05) is 0 Å². The topological polar surface area (TPSA) is 0 Å². The van der Waals surface area contributed by atoms with Crippen molar-refractivity contribution < 1.29 is 0 Å². The van der Waals surface area contributed by atoms with E-state index in [1.807, 2.05) is 36.4 Å². The number of hydrogen-bond donors (Lipinski definition) is 0. The summed E-state index contributed by atoms with van der Waals surface area (Å²) in [5.74, 6) is 0. The minimum absolute atomic E-state index is 0. The largest absolute Gasteiger partial charge is 0.187 e. The van der Waals surface area contributed by atoms with Crippen molar-refractivity contribution >= 4 is 17.4 Å². The van der Waals surface area contributed by atoms with Crippen molar-refractivity contribution in [1.29, 1.82) is 0 Å². The normalized spacial score (nSPS) is 6.86. The van der Waals surface area contributed by atoms with Crippen LogP contribution in [-0.2, 0) is 0 Å². The maximum atomic E-state index is 2.00. The van der Waals surface area contributed by atoms with Crippen molar-refractivity contribution in [2.24, 2.45) is 0 Å². The summed E-state index contributed by atoms with van der Waals surface area (Å²) in [5, 5.41) is 0. The second kappa shape index (κ2) is 3.93. The van der Waals surface area contributed by atoms with Crippen molar-refractivity contribution in [3.63, 3.8) is 0 Å². The highest BCUT2D eigenvalue weighted by Gasteiger charge is 1.57. The molecule has 0 nitrogen and oxygen atoms in total. The van der Waals surface area contributed by atoms with Gasteiger partial charge in [-0.25, -0.2) is 0 Å². The van der Waals surface area contributed by atoms with E-state index < -0.39 is 0 Å². The molecule has 0 bridgehead atoms. The summed E-state index contributed by atoms with van der Waals surface area (Å²) < 4.78 is 0. The Labute approximate surface area is 54.3 Å². The minimum Gasteiger partial charge on any atom is -0.0623 e. The molecule has 0 aliphatic rings. The number of rotatable bonds is 0. The molecular formula is C6H9Al. The zero-order valence-electron chi connectivity index (χ0n) is 3.46. The molecule has 0 saturated heterocycles. The number of hydrogen-bond acceptors (Lipinski definition) is 0. The molecule has 0 spiro atoms. The zero-order chi connectivity index (χ0) is 4.24. The summed E-state index contributed by atoms with van der Waals surface area (Å²) in [6.45, 7) is 0. The Morgan fingerprint density at radius 1 is 0.429 bits per heavy atom. The fraction of sp³-hybridized carbons (Fsp3) is 0. The van der Waals surface area contributed by atoms with Crippen LogP contribution in [0.5, 0.6) is 0 Å². The first kappa shape index (κ1) is 6.75. The highest BCUT2D eigenvalue weighted by atomic mass is 27.0. The van der Waals surface area contributed by atoms with Crippen LogP contribution >= 0.6 is 0 Å². The molecule has 0 fully saturated rings. The predicted octanol–water partition coefficient (Wildman–Crippen LogP) is 0.503. The first-order valence-corrected chi connectivity index (χ1v) is 2.00. The summed E-state index contributed by atoms with van der Waals surface area (Å²) in [6.07, 6.45) is 0. The van der Waals surface area contributed by atoms with Gasteiger partial charge in [0, 0.05) is 0 Å². The van der Waals surface area contributed by atoms with Gasteiger partial charge in [-0.05, 0) is 0 Å². The highest BCUT2D eigenvalue weighted by Crippen LogP contribution is 1.79. The summed E-state index contributed by atoms with van der Waals surface area (Å²) in [4.78, 5) is 0. The van der Waals surface area contributed by atoms with Crippen molar-refractivity contribution in [2.45, 2.75) is 0 Å². The molecule has 0 N–H and O–H groups in total. The first-order chi connectivity index (χ1) is 3.00. The standard InChI is InChI=1S/C6H6.Al.3H/c1-2-4-6-5-3-1;;;;/h1-6H;;;;. The Balaban J connectivity index is 0.000000360. The van der Waals surface area contributed by atoms with Gasteiger partial charge in [-0.15, -0.1) is 0 Å². The van der Waals surface area contributed by atoms with Gasteiger partial charge in [0.25, 0.3) is 0 Å². The van der Waals surface area contributed by atoms with Crippen molar-refractivity contribution in [1.82, 2.24) is 0 Å². The van der Waals surface area contributed by atoms with Crippen molar-refractivity contribution in [3.8, 4) is 0 Å². The van der Waals surface area contributed by atoms with Gasteiger partial charge in [0.05, 0.1) is 0 Å². The molecule has 1 aromatic carbocycles. The van der Waals surface area contributed by atoms with Crippen LogP contribution in [-0.4, -0.2) is 17.4 Å². The van der Waals surface area contributed by atoms with Gasteiger partial charge >= 0.3 is 0 Å². The molecule has 0 heterocycles. The van der Waals surface area contributed by atoms with E-state index in [4.69, 9.17) is 0 Å². The lowest BCUT2D eigenvalue weighted by Crippen LogP contribution is -1.47. The van der Waals surface area contributed by atoms with Crippen LogP contribution in [0, 0.1) is 0 Å². The average molecular weight is 108 g/mol. The van der Waals surface area contributed by atoms with Crippen LogP contribution in [0.4, 0.5) is 0 Å². The monoisotopic (exact) mass is 108 g/mol. The maximum absolute atomic E-state index is 2.00. The van der Waals surface area contributed by atoms with Gasteiger partial charge in [0.2, 0.25) is 0 Å². The van der Waals surface area contributed by atoms with Crippen molar-refractivity contribution in [3.05, 3.63) is 36.4 Å². The van der Waals surface area contributed by atoms with E-state index >= 15 is 0 Å². The fourth-order valence-electron chi connectivity index (χ4n) is 0.385. The second-order valence-corrected chi connectivity index (χ2v) is 1.15. The first-order valence-electron chi connectivity index (χ1n) is 2.00. The van der Waals surface area contributed by atoms with Crippen LogP contribution in [0.3, 0.4) is 0 Å². The van der Waals surface area contributed by atoms with Gasteiger partial charge in [0.15, 0.2) is 17.4 Å². The lowest BCUT2D eigenvalue weighted by molar-refractivity contribution is 1.72. The van der Waals surface area contributed by atoms with Gasteiger partial charge in [0.1, 0.15) is 0 Å². The molecule has 0 atom stereocenters. The fourth-order valence-corrected chi connectivity index (χ4v) is 0.385. The van der Waals surface area contributed by atoms with E-state index in [0.29, 0.717) is 0 Å². The molecule has 0 amide bonds. The van der Waals surface area contributed by atoms with Crippen LogP contribution in [0.15, 0.2) is 36.4 Å². The smallest absolute Gasteiger partial charge is 0.0623 e. The average Bonchev–Trinajstić information content (AvgIpc) is 1.72. The molecule has 36 valence electrons. The molecule has 0 unspecified atom stereocenters. The molecule has 0 aliphatic carbocycles. The molecule has 1 aromatic rings. The van der Waals surface area contributed by atoms with E-state index in [9.17, 15) is 0 Å². The Bertz CT molecular complexity index is 76.1. The lowest BCUT2D eigenvalue weighted by atomic mass is 10.4. The second-order valence-electron chi connectivity index (χ2n) is 1.15. The quantitative estimate of drug-likeness (QED) is 0.424. The molecule has 1 rings (SSSR count). The number of benzene rings is 1. The zero-order valence-corrected chi connectivity index (χ0v) is 3.46. The van der Waals surface area contributed by atoms with E-state index in [0.717, 1.165) is 0 Å². The molecule has 0 saturated carbocycles. The van der Waals surface area contributed by atoms with E-state index in [1.54, 1.807) is 0 Å². The van der Waals surface area contributed by atoms with Crippen LogP contribution in [0.25, 0.3) is 0 Å². The third-order valence-corrected chi connectivity index (χ3v) is 0.667. The van der Waals surface area contributed by atoms with Crippen LogP contribution in [0.1, 0.15) is 0 Å². The van der Waals surface area contributed by atoms with Gasteiger partial charge in [-0.2, -0.15) is 0 Å². The third-order valence-electron chi connectivity index (χ3n) is 0.667. The predicted molar refractivity (Wildman–Crippen MR) is 36.4 cm³/mol. The summed E-state index contributed by atoms with van der Waals surface area (Å²) in [5.41, 5.74) is 0. The Morgan fingerprint density at radius 3 is 0.714 bits per heavy atom. The molecule has 7 heavy (non-hydrogen) atoms. The molecule has 1 heteroatoms.